The van der Waals surface area contributed by atoms with E-state index in [1.54, 1.807) is 19.2 Å². The predicted molar refractivity (Wildman–Crippen MR) is 83.7 cm³/mol. The Bertz CT molecular complexity index is 706. The number of carbonyl (C=O) groups is 1. The summed E-state index contributed by atoms with van der Waals surface area (Å²) in [6, 6.07) is 11.8. The molecular formula is C18H18FNO2. The first-order valence-corrected chi connectivity index (χ1v) is 7.27. The maximum absolute atomic E-state index is 13.1. The minimum Gasteiger partial charge on any atom is -0.495 e. The fourth-order valence-corrected chi connectivity index (χ4v) is 2.70. The summed E-state index contributed by atoms with van der Waals surface area (Å²) in [6.45, 7) is 1.96. The van der Waals surface area contributed by atoms with Crippen LogP contribution in [0.25, 0.3) is 0 Å². The number of hydrogen-bond acceptors (Lipinski definition) is 2. The summed E-state index contributed by atoms with van der Waals surface area (Å²) in [4.78, 5) is 12.7. The molecule has 0 radical (unpaired) electrons. The van der Waals surface area contributed by atoms with E-state index < -0.39 is 5.41 Å². The van der Waals surface area contributed by atoms with E-state index in [0.717, 1.165) is 24.0 Å². The SMILES string of the molecule is COc1ccc(C)cc1NC(=O)C1(c2ccc(F)cc2)CC1. The number of ether oxygens (including phenoxy) is 1. The number of benzene rings is 2. The Kier molecular flexibility index (Phi) is 3.61. The highest BCUT2D eigenvalue weighted by Crippen LogP contribution is 2.49. The van der Waals surface area contributed by atoms with Gasteiger partial charge in [-0.15, -0.1) is 0 Å². The van der Waals surface area contributed by atoms with Crippen LogP contribution in [0.2, 0.25) is 0 Å². The Morgan fingerprint density at radius 1 is 1.18 bits per heavy atom. The minimum absolute atomic E-state index is 0.0667. The summed E-state index contributed by atoms with van der Waals surface area (Å²) in [5, 5.41) is 2.96. The summed E-state index contributed by atoms with van der Waals surface area (Å²) in [6.07, 6.45) is 1.55. The van der Waals surface area contributed by atoms with E-state index in [1.165, 1.54) is 12.1 Å². The Hall–Kier alpha value is -2.36. The molecule has 1 fully saturated rings. The van der Waals surface area contributed by atoms with Crippen LogP contribution in [0.3, 0.4) is 0 Å². The predicted octanol–water partition coefficient (Wildman–Crippen LogP) is 3.81. The standard InChI is InChI=1S/C18H18FNO2/c1-12-3-8-16(22-2)15(11-12)20-17(21)18(9-10-18)13-4-6-14(19)7-5-13/h3-8,11H,9-10H2,1-2H3,(H,20,21). The molecule has 3 rings (SSSR count). The zero-order chi connectivity index (χ0) is 15.7. The molecule has 2 aromatic carbocycles. The van der Waals surface area contributed by atoms with Gasteiger partial charge in [0, 0.05) is 0 Å². The third kappa shape index (κ3) is 2.56. The van der Waals surface area contributed by atoms with Gasteiger partial charge in [-0.1, -0.05) is 18.2 Å². The molecule has 0 unspecified atom stereocenters. The van der Waals surface area contributed by atoms with Gasteiger partial charge in [-0.05, 0) is 55.2 Å². The van der Waals surface area contributed by atoms with E-state index in [9.17, 15) is 9.18 Å². The average Bonchev–Trinajstić information content (AvgIpc) is 3.30. The number of amides is 1. The van der Waals surface area contributed by atoms with Crippen molar-refractivity contribution in [3.63, 3.8) is 0 Å². The van der Waals surface area contributed by atoms with Crippen molar-refractivity contribution in [2.24, 2.45) is 0 Å². The maximum atomic E-state index is 13.1. The van der Waals surface area contributed by atoms with E-state index in [0.29, 0.717) is 11.4 Å². The number of hydrogen-bond donors (Lipinski definition) is 1. The highest BCUT2D eigenvalue weighted by molar-refractivity contribution is 6.02. The highest BCUT2D eigenvalue weighted by atomic mass is 19.1. The molecule has 2 aromatic rings. The van der Waals surface area contributed by atoms with E-state index in [2.05, 4.69) is 5.32 Å². The Morgan fingerprint density at radius 2 is 1.86 bits per heavy atom. The second-order valence-corrected chi connectivity index (χ2v) is 5.75. The molecule has 0 atom stereocenters. The smallest absolute Gasteiger partial charge is 0.235 e. The van der Waals surface area contributed by atoms with E-state index in [-0.39, 0.29) is 11.7 Å². The van der Waals surface area contributed by atoms with Gasteiger partial charge in [0.05, 0.1) is 18.2 Å². The van der Waals surface area contributed by atoms with Gasteiger partial charge in [-0.2, -0.15) is 0 Å². The van der Waals surface area contributed by atoms with Crippen molar-refractivity contribution < 1.29 is 13.9 Å². The van der Waals surface area contributed by atoms with Crippen LogP contribution in [-0.4, -0.2) is 13.0 Å². The highest BCUT2D eigenvalue weighted by Gasteiger charge is 2.51. The lowest BCUT2D eigenvalue weighted by Crippen LogP contribution is -2.28. The van der Waals surface area contributed by atoms with E-state index in [4.69, 9.17) is 4.74 Å². The zero-order valence-electron chi connectivity index (χ0n) is 12.7. The molecule has 3 nitrogen and oxygen atoms in total. The third-order valence-electron chi connectivity index (χ3n) is 4.18. The quantitative estimate of drug-likeness (QED) is 0.932. The lowest BCUT2D eigenvalue weighted by molar-refractivity contribution is -0.118. The van der Waals surface area contributed by atoms with E-state index >= 15 is 0 Å². The third-order valence-corrected chi connectivity index (χ3v) is 4.18. The molecule has 0 saturated heterocycles. The normalized spacial score (nSPS) is 15.2. The Balaban J connectivity index is 1.86. The summed E-state index contributed by atoms with van der Waals surface area (Å²) in [5.74, 6) is 0.275. The number of nitrogens with one attached hydrogen (secondary N) is 1. The Morgan fingerprint density at radius 3 is 2.45 bits per heavy atom. The van der Waals surface area contributed by atoms with Crippen LogP contribution in [0.15, 0.2) is 42.5 Å². The average molecular weight is 299 g/mol. The molecule has 4 heteroatoms. The summed E-state index contributed by atoms with van der Waals surface area (Å²) in [5.41, 5.74) is 2.03. The molecule has 0 aromatic heterocycles. The van der Waals surface area contributed by atoms with Crippen LogP contribution < -0.4 is 10.1 Å². The number of rotatable bonds is 4. The lowest BCUT2D eigenvalue weighted by Gasteiger charge is -2.17. The fourth-order valence-electron chi connectivity index (χ4n) is 2.70. The monoisotopic (exact) mass is 299 g/mol. The van der Waals surface area contributed by atoms with Crippen LogP contribution in [0.5, 0.6) is 5.75 Å². The number of aryl methyl sites for hydroxylation is 1. The summed E-state index contributed by atoms with van der Waals surface area (Å²) < 4.78 is 18.4. The molecule has 1 amide bonds. The van der Waals surface area contributed by atoms with Crippen molar-refractivity contribution in [1.82, 2.24) is 0 Å². The molecule has 0 heterocycles. The van der Waals surface area contributed by atoms with Crippen molar-refractivity contribution in [3.8, 4) is 5.75 Å². The van der Waals surface area contributed by atoms with Crippen molar-refractivity contribution in [2.45, 2.75) is 25.2 Å². The molecule has 114 valence electrons. The van der Waals surface area contributed by atoms with Gasteiger partial charge in [0.25, 0.3) is 0 Å². The molecule has 0 bridgehead atoms. The number of anilines is 1. The van der Waals surface area contributed by atoms with Crippen LogP contribution in [0, 0.1) is 12.7 Å². The first-order valence-electron chi connectivity index (χ1n) is 7.27. The van der Waals surface area contributed by atoms with Crippen LogP contribution >= 0.6 is 0 Å². The van der Waals surface area contributed by atoms with Gasteiger partial charge in [-0.3, -0.25) is 4.79 Å². The van der Waals surface area contributed by atoms with Gasteiger partial charge in [0.15, 0.2) is 0 Å². The summed E-state index contributed by atoms with van der Waals surface area (Å²) in [7, 11) is 1.58. The van der Waals surface area contributed by atoms with Crippen molar-refractivity contribution in [3.05, 3.63) is 59.4 Å². The second kappa shape index (κ2) is 5.44. The van der Waals surface area contributed by atoms with E-state index in [1.807, 2.05) is 25.1 Å². The molecule has 1 aliphatic carbocycles. The molecule has 0 spiro atoms. The zero-order valence-corrected chi connectivity index (χ0v) is 12.7. The van der Waals surface area contributed by atoms with Crippen molar-refractivity contribution in [2.75, 3.05) is 12.4 Å². The van der Waals surface area contributed by atoms with Crippen molar-refractivity contribution in [1.29, 1.82) is 0 Å². The lowest BCUT2D eigenvalue weighted by atomic mass is 9.95. The van der Waals surface area contributed by atoms with Crippen LogP contribution in [0.4, 0.5) is 10.1 Å². The second-order valence-electron chi connectivity index (χ2n) is 5.75. The maximum Gasteiger partial charge on any atom is 0.235 e. The van der Waals surface area contributed by atoms with Gasteiger partial charge < -0.3 is 10.1 Å². The molecular weight excluding hydrogens is 281 g/mol. The minimum atomic E-state index is -0.539. The first kappa shape index (κ1) is 14.6. The number of halogens is 1. The van der Waals surface area contributed by atoms with Crippen LogP contribution in [-0.2, 0) is 10.2 Å². The topological polar surface area (TPSA) is 38.3 Å². The first-order chi connectivity index (χ1) is 10.5. The Labute approximate surface area is 129 Å². The number of methoxy groups -OCH3 is 1. The molecule has 1 aliphatic rings. The van der Waals surface area contributed by atoms with Gasteiger partial charge >= 0.3 is 0 Å². The van der Waals surface area contributed by atoms with Gasteiger partial charge in [0.1, 0.15) is 11.6 Å². The van der Waals surface area contributed by atoms with Gasteiger partial charge in [-0.25, -0.2) is 4.39 Å². The van der Waals surface area contributed by atoms with Crippen molar-refractivity contribution >= 4 is 11.6 Å². The molecule has 0 aliphatic heterocycles. The molecule has 22 heavy (non-hydrogen) atoms. The molecule has 1 N–H and O–H groups in total. The largest absolute Gasteiger partial charge is 0.495 e. The van der Waals surface area contributed by atoms with Gasteiger partial charge in [0.2, 0.25) is 5.91 Å². The fraction of sp³-hybridized carbons (Fsp3) is 0.278. The van der Waals surface area contributed by atoms with Crippen LogP contribution in [0.1, 0.15) is 24.0 Å². The summed E-state index contributed by atoms with van der Waals surface area (Å²) >= 11 is 0. The molecule has 1 saturated carbocycles. The number of carbonyl (C=O) groups excluding carboxylic acids is 1.